The predicted molar refractivity (Wildman–Crippen MR) is 86.8 cm³/mol. The van der Waals surface area contributed by atoms with Crippen molar-refractivity contribution in [2.75, 3.05) is 33.9 Å². The first-order valence-electron chi connectivity index (χ1n) is 6.91. The molecular weight excluding hydrogens is 326 g/mol. The average molecular weight is 346 g/mol. The summed E-state index contributed by atoms with van der Waals surface area (Å²) in [5.41, 5.74) is -0.273. The number of nitro benzene ring substituents is 1. The van der Waals surface area contributed by atoms with Crippen LogP contribution in [0.2, 0.25) is 0 Å². The van der Waals surface area contributed by atoms with E-state index in [-0.39, 0.29) is 41.4 Å². The molecule has 0 spiro atoms. The van der Waals surface area contributed by atoms with Crippen molar-refractivity contribution in [3.8, 4) is 11.5 Å². The van der Waals surface area contributed by atoms with Crippen LogP contribution in [0, 0.1) is 10.1 Å². The Hall–Kier alpha value is -2.06. The monoisotopic (exact) mass is 345 g/mol. The molecule has 1 heterocycles. The van der Waals surface area contributed by atoms with Gasteiger partial charge < -0.3 is 19.7 Å². The Balaban J connectivity index is 0.00000264. The lowest BCUT2D eigenvalue weighted by molar-refractivity contribution is -0.385. The number of amides is 1. The van der Waals surface area contributed by atoms with Gasteiger partial charge in [-0.3, -0.25) is 14.9 Å². The molecular formula is C14H20ClN3O5. The molecule has 23 heavy (non-hydrogen) atoms. The van der Waals surface area contributed by atoms with Gasteiger partial charge in [-0.1, -0.05) is 0 Å². The first kappa shape index (κ1) is 19.0. The van der Waals surface area contributed by atoms with Crippen molar-refractivity contribution in [2.24, 2.45) is 0 Å². The minimum Gasteiger partial charge on any atom is -0.493 e. The molecule has 1 amide bonds. The van der Waals surface area contributed by atoms with E-state index in [4.69, 9.17) is 9.47 Å². The average Bonchev–Trinajstić information content (AvgIpc) is 2.52. The lowest BCUT2D eigenvalue weighted by atomic mass is 10.1. The number of carbonyl (C=O) groups is 1. The minimum absolute atomic E-state index is 0. The summed E-state index contributed by atoms with van der Waals surface area (Å²) in [5.74, 6) is 0.139. The third kappa shape index (κ3) is 4.02. The van der Waals surface area contributed by atoms with Crippen molar-refractivity contribution in [2.45, 2.75) is 13.0 Å². The van der Waals surface area contributed by atoms with Crippen molar-refractivity contribution in [1.29, 1.82) is 0 Å². The van der Waals surface area contributed by atoms with Crippen molar-refractivity contribution in [3.63, 3.8) is 0 Å². The summed E-state index contributed by atoms with van der Waals surface area (Å²) in [6, 6.07) is 2.74. The summed E-state index contributed by atoms with van der Waals surface area (Å²) in [5, 5.41) is 14.5. The van der Waals surface area contributed by atoms with Crippen LogP contribution in [-0.4, -0.2) is 55.6 Å². The van der Waals surface area contributed by atoms with E-state index in [0.717, 1.165) is 0 Å². The van der Waals surface area contributed by atoms with Gasteiger partial charge in [0.25, 0.3) is 11.6 Å². The second-order valence-corrected chi connectivity index (χ2v) is 5.09. The predicted octanol–water partition coefficient (Wildman–Crippen LogP) is 1.47. The standard InChI is InChI=1S/C14H19N3O5.ClH/c1-9-8-16(5-4-15-9)14(18)10-6-12(21-2)13(22-3)7-11(10)17(19)20;/h6-7,9,15H,4-5,8H2,1-3H3;1H/t9-;/m0./s1. The van der Waals surface area contributed by atoms with Crippen molar-refractivity contribution in [1.82, 2.24) is 10.2 Å². The van der Waals surface area contributed by atoms with Gasteiger partial charge in [-0.15, -0.1) is 12.4 Å². The smallest absolute Gasteiger partial charge is 0.286 e. The lowest BCUT2D eigenvalue weighted by Gasteiger charge is -2.31. The van der Waals surface area contributed by atoms with Gasteiger partial charge in [-0.25, -0.2) is 0 Å². The maximum absolute atomic E-state index is 12.6. The number of nitro groups is 1. The van der Waals surface area contributed by atoms with Crippen LogP contribution < -0.4 is 14.8 Å². The molecule has 0 radical (unpaired) electrons. The minimum atomic E-state index is -0.583. The van der Waals surface area contributed by atoms with Crippen LogP contribution in [0.5, 0.6) is 11.5 Å². The van der Waals surface area contributed by atoms with E-state index in [1.807, 2.05) is 6.92 Å². The van der Waals surface area contributed by atoms with E-state index in [0.29, 0.717) is 25.4 Å². The van der Waals surface area contributed by atoms with Gasteiger partial charge in [0.05, 0.1) is 25.2 Å². The number of halogens is 1. The Morgan fingerprint density at radius 2 is 1.96 bits per heavy atom. The molecule has 1 atom stereocenters. The van der Waals surface area contributed by atoms with Gasteiger partial charge in [-0.05, 0) is 6.92 Å². The quantitative estimate of drug-likeness (QED) is 0.656. The van der Waals surface area contributed by atoms with Crippen LogP contribution in [0.15, 0.2) is 12.1 Å². The highest BCUT2D eigenvalue weighted by Gasteiger charge is 2.29. The molecule has 0 aliphatic carbocycles. The van der Waals surface area contributed by atoms with Gasteiger partial charge in [0.15, 0.2) is 11.5 Å². The Labute approximate surface area is 140 Å². The Kier molecular flexibility index (Phi) is 6.59. The highest BCUT2D eigenvalue weighted by Crippen LogP contribution is 2.35. The fraction of sp³-hybridized carbons (Fsp3) is 0.500. The molecule has 0 saturated carbocycles. The molecule has 0 bridgehead atoms. The van der Waals surface area contributed by atoms with Crippen molar-refractivity contribution in [3.05, 3.63) is 27.8 Å². The molecule has 1 aliphatic heterocycles. The molecule has 1 aromatic carbocycles. The van der Waals surface area contributed by atoms with E-state index < -0.39 is 4.92 Å². The van der Waals surface area contributed by atoms with Crippen molar-refractivity contribution >= 4 is 24.0 Å². The third-order valence-corrected chi connectivity index (χ3v) is 3.58. The van der Waals surface area contributed by atoms with Gasteiger partial charge in [0.1, 0.15) is 5.56 Å². The second kappa shape index (κ2) is 7.98. The van der Waals surface area contributed by atoms with E-state index in [1.54, 1.807) is 4.90 Å². The van der Waals surface area contributed by atoms with Gasteiger partial charge in [0, 0.05) is 31.7 Å². The van der Waals surface area contributed by atoms with Crippen molar-refractivity contribution < 1.29 is 19.2 Å². The molecule has 0 unspecified atom stereocenters. The van der Waals surface area contributed by atoms with Crippen LogP contribution in [0.3, 0.4) is 0 Å². The Morgan fingerprint density at radius 1 is 1.35 bits per heavy atom. The topological polar surface area (TPSA) is 93.9 Å². The van der Waals surface area contributed by atoms with Gasteiger partial charge in [-0.2, -0.15) is 0 Å². The number of piperazine rings is 1. The van der Waals surface area contributed by atoms with Crippen LogP contribution in [-0.2, 0) is 0 Å². The van der Waals surface area contributed by atoms with Crippen LogP contribution in [0.1, 0.15) is 17.3 Å². The summed E-state index contributed by atoms with van der Waals surface area (Å²) in [6.45, 7) is 3.63. The number of methoxy groups -OCH3 is 2. The molecule has 8 nitrogen and oxygen atoms in total. The number of nitrogens with zero attached hydrogens (tertiary/aromatic N) is 2. The van der Waals surface area contributed by atoms with Crippen LogP contribution in [0.25, 0.3) is 0 Å². The first-order chi connectivity index (χ1) is 10.5. The zero-order valence-corrected chi connectivity index (χ0v) is 14.0. The molecule has 128 valence electrons. The number of carbonyl (C=O) groups excluding carboxylic acids is 1. The lowest BCUT2D eigenvalue weighted by Crippen LogP contribution is -2.51. The van der Waals surface area contributed by atoms with Gasteiger partial charge in [0.2, 0.25) is 0 Å². The van der Waals surface area contributed by atoms with Gasteiger partial charge >= 0.3 is 0 Å². The summed E-state index contributed by atoms with van der Waals surface area (Å²) < 4.78 is 10.2. The second-order valence-electron chi connectivity index (χ2n) is 5.09. The number of hydrogen-bond acceptors (Lipinski definition) is 6. The number of hydrogen-bond donors (Lipinski definition) is 1. The molecule has 1 aromatic rings. The highest BCUT2D eigenvalue weighted by atomic mass is 35.5. The largest absolute Gasteiger partial charge is 0.493 e. The Morgan fingerprint density at radius 3 is 2.48 bits per heavy atom. The van der Waals surface area contributed by atoms with E-state index >= 15 is 0 Å². The molecule has 1 N–H and O–H groups in total. The number of ether oxygens (including phenoxy) is 2. The maximum Gasteiger partial charge on any atom is 0.286 e. The zero-order chi connectivity index (χ0) is 16.3. The number of nitrogens with one attached hydrogen (secondary N) is 1. The zero-order valence-electron chi connectivity index (χ0n) is 13.2. The molecule has 1 aliphatic rings. The van der Waals surface area contributed by atoms with E-state index in [2.05, 4.69) is 5.32 Å². The summed E-state index contributed by atoms with van der Waals surface area (Å²) >= 11 is 0. The summed E-state index contributed by atoms with van der Waals surface area (Å²) in [6.07, 6.45) is 0. The third-order valence-electron chi connectivity index (χ3n) is 3.58. The first-order valence-corrected chi connectivity index (χ1v) is 6.91. The molecule has 9 heteroatoms. The molecule has 0 aromatic heterocycles. The van der Waals surface area contributed by atoms with E-state index in [9.17, 15) is 14.9 Å². The molecule has 1 saturated heterocycles. The number of benzene rings is 1. The van der Waals surface area contributed by atoms with Crippen LogP contribution in [0.4, 0.5) is 5.69 Å². The SMILES string of the molecule is COc1cc(C(=O)N2CCN[C@@H](C)C2)c([N+](=O)[O-])cc1OC.Cl. The maximum atomic E-state index is 12.6. The highest BCUT2D eigenvalue weighted by molar-refractivity contribution is 5.99. The summed E-state index contributed by atoms with van der Waals surface area (Å²) in [7, 11) is 2.81. The van der Waals surface area contributed by atoms with Crippen LogP contribution >= 0.6 is 12.4 Å². The molecule has 1 fully saturated rings. The fourth-order valence-electron chi connectivity index (χ4n) is 2.48. The van der Waals surface area contributed by atoms with E-state index in [1.165, 1.54) is 26.4 Å². The Bertz CT molecular complexity index is 596. The molecule has 2 rings (SSSR count). The number of rotatable bonds is 4. The summed E-state index contributed by atoms with van der Waals surface area (Å²) in [4.78, 5) is 24.9. The fourth-order valence-corrected chi connectivity index (χ4v) is 2.48. The normalized spacial score (nSPS) is 17.2.